The van der Waals surface area contributed by atoms with E-state index in [1.807, 2.05) is 0 Å². The molecular weight excluding hydrogens is 495 g/mol. The van der Waals surface area contributed by atoms with E-state index in [1.165, 1.54) is 47.7 Å². The molecule has 1 aliphatic heterocycles. The number of nitrogens with one attached hydrogen (secondary N) is 1. The van der Waals surface area contributed by atoms with Crippen molar-refractivity contribution in [2.45, 2.75) is 23.4 Å². The Morgan fingerprint density at radius 2 is 1.86 bits per heavy atom. The molecule has 0 bridgehead atoms. The lowest BCUT2D eigenvalue weighted by molar-refractivity contribution is -0.137. The lowest BCUT2D eigenvalue weighted by Gasteiger charge is -2.28. The highest BCUT2D eigenvalue weighted by Gasteiger charge is 2.33. The first kappa shape index (κ1) is 23.8. The topological polar surface area (TPSA) is 99.0 Å². The molecule has 0 radical (unpaired) electrons. The first-order valence-electron chi connectivity index (χ1n) is 10.9. The van der Waals surface area contributed by atoms with Crippen LogP contribution < -0.4 is 9.46 Å². The summed E-state index contributed by atoms with van der Waals surface area (Å²) < 4.78 is 76.0. The summed E-state index contributed by atoms with van der Waals surface area (Å²) in [6.45, 7) is 0.270. The van der Waals surface area contributed by atoms with Gasteiger partial charge in [0, 0.05) is 42.6 Å². The number of anilines is 1. The summed E-state index contributed by atoms with van der Waals surface area (Å²) in [6.07, 6.45) is 0.171. The molecule has 0 amide bonds. The van der Waals surface area contributed by atoms with Crippen molar-refractivity contribution in [2.24, 2.45) is 7.05 Å². The molecule has 1 atom stereocenters. The predicted octanol–water partition coefficient (Wildman–Crippen LogP) is 4.61. The van der Waals surface area contributed by atoms with E-state index in [0.717, 1.165) is 12.1 Å². The lowest BCUT2D eigenvalue weighted by Crippen LogP contribution is -2.19. The fourth-order valence-corrected chi connectivity index (χ4v) is 5.33. The van der Waals surface area contributed by atoms with Crippen LogP contribution in [0.4, 0.5) is 19.0 Å². The van der Waals surface area contributed by atoms with Crippen LogP contribution in [0.15, 0.2) is 72.1 Å². The minimum absolute atomic E-state index is 0.0280. The first-order valence-corrected chi connectivity index (χ1v) is 12.4. The summed E-state index contributed by atoms with van der Waals surface area (Å²) in [4.78, 5) is 7.61. The quantitative estimate of drug-likeness (QED) is 0.417. The fraction of sp³-hybridized carbons (Fsp3) is 0.208. The Morgan fingerprint density at radius 3 is 2.56 bits per heavy atom. The SMILES string of the molecule is Cn1nccc1-c1cc(C(F)(F)F)ccc1C1CCOc2cc(S(=O)(=O)Nc3ccncn3)ccc21. The van der Waals surface area contributed by atoms with Gasteiger partial charge in [0.25, 0.3) is 10.0 Å². The number of alkyl halides is 3. The second-order valence-electron chi connectivity index (χ2n) is 8.23. The van der Waals surface area contributed by atoms with Gasteiger partial charge in [0.2, 0.25) is 0 Å². The number of hydrogen-bond acceptors (Lipinski definition) is 6. The summed E-state index contributed by atoms with van der Waals surface area (Å²) in [6, 6.07) is 11.3. The largest absolute Gasteiger partial charge is 0.493 e. The normalized spacial score (nSPS) is 15.7. The summed E-state index contributed by atoms with van der Waals surface area (Å²) >= 11 is 0. The molecule has 1 unspecified atom stereocenters. The minimum atomic E-state index is -4.50. The maximum atomic E-state index is 13.5. The van der Waals surface area contributed by atoms with Gasteiger partial charge < -0.3 is 4.74 Å². The van der Waals surface area contributed by atoms with E-state index in [0.29, 0.717) is 34.6 Å². The molecule has 0 fully saturated rings. The molecule has 0 saturated carbocycles. The summed E-state index contributed by atoms with van der Waals surface area (Å²) in [5.41, 5.74) is 1.55. The molecular formula is C24H20F3N5O3S. The predicted molar refractivity (Wildman–Crippen MR) is 125 cm³/mol. The van der Waals surface area contributed by atoms with Crippen LogP contribution in [0.25, 0.3) is 11.3 Å². The third kappa shape index (κ3) is 4.51. The minimum Gasteiger partial charge on any atom is -0.493 e. The van der Waals surface area contributed by atoms with Gasteiger partial charge in [-0.2, -0.15) is 18.3 Å². The van der Waals surface area contributed by atoms with Gasteiger partial charge in [0.1, 0.15) is 17.9 Å². The monoisotopic (exact) mass is 515 g/mol. The standard InChI is InChI=1S/C24H20F3N5O3S/c1-32-21(6-10-30-32)20-12-15(24(25,26)27)2-4-17(20)18-8-11-35-22-13-16(3-5-19(18)22)36(33,34)31-23-7-9-28-14-29-23/h2-7,9-10,12-14,18H,8,11H2,1H3,(H,28,29,31). The molecule has 12 heteroatoms. The van der Waals surface area contributed by atoms with E-state index in [1.54, 1.807) is 19.2 Å². The van der Waals surface area contributed by atoms with Gasteiger partial charge in [-0.05, 0) is 42.3 Å². The van der Waals surface area contributed by atoms with Gasteiger partial charge in [0.05, 0.1) is 22.8 Å². The lowest BCUT2D eigenvalue weighted by atomic mass is 9.83. The van der Waals surface area contributed by atoms with Crippen LogP contribution in [-0.4, -0.2) is 34.8 Å². The van der Waals surface area contributed by atoms with Crippen LogP contribution >= 0.6 is 0 Å². The molecule has 3 heterocycles. The Labute approximate surface area is 204 Å². The van der Waals surface area contributed by atoms with Gasteiger partial charge >= 0.3 is 6.18 Å². The van der Waals surface area contributed by atoms with Crippen LogP contribution in [0.5, 0.6) is 5.75 Å². The van der Waals surface area contributed by atoms with E-state index in [2.05, 4.69) is 19.8 Å². The van der Waals surface area contributed by atoms with Gasteiger partial charge in [-0.25, -0.2) is 18.4 Å². The summed E-state index contributed by atoms with van der Waals surface area (Å²) in [5, 5.41) is 4.12. The first-order chi connectivity index (χ1) is 17.1. The van der Waals surface area contributed by atoms with Gasteiger partial charge in [0.15, 0.2) is 0 Å². The van der Waals surface area contributed by atoms with Gasteiger partial charge in [-0.15, -0.1) is 0 Å². The highest BCUT2D eigenvalue weighted by molar-refractivity contribution is 7.92. The number of aryl methyl sites for hydroxylation is 1. The van der Waals surface area contributed by atoms with E-state index < -0.39 is 21.8 Å². The molecule has 0 saturated heterocycles. The number of nitrogens with zero attached hydrogens (tertiary/aromatic N) is 4. The van der Waals surface area contributed by atoms with Crippen molar-refractivity contribution in [3.05, 3.63) is 83.9 Å². The molecule has 5 rings (SSSR count). The second-order valence-corrected chi connectivity index (χ2v) is 9.91. The molecule has 36 heavy (non-hydrogen) atoms. The number of ether oxygens (including phenoxy) is 1. The highest BCUT2D eigenvalue weighted by atomic mass is 32.2. The third-order valence-electron chi connectivity index (χ3n) is 6.01. The van der Waals surface area contributed by atoms with Crippen molar-refractivity contribution >= 4 is 15.8 Å². The average molecular weight is 516 g/mol. The fourth-order valence-electron chi connectivity index (χ4n) is 4.30. The Bertz CT molecular complexity index is 1520. The van der Waals surface area contributed by atoms with Crippen LogP contribution in [-0.2, 0) is 23.2 Å². The number of rotatable bonds is 5. The Morgan fingerprint density at radius 1 is 1.06 bits per heavy atom. The Balaban J connectivity index is 1.56. The molecule has 1 N–H and O–H groups in total. The molecule has 2 aromatic carbocycles. The van der Waals surface area contributed by atoms with Crippen LogP contribution in [0, 0.1) is 0 Å². The zero-order valence-corrected chi connectivity index (χ0v) is 19.7. The number of hydrogen-bond donors (Lipinski definition) is 1. The molecule has 0 aliphatic carbocycles. The van der Waals surface area contributed by atoms with E-state index in [9.17, 15) is 21.6 Å². The second kappa shape index (κ2) is 8.94. The van der Waals surface area contributed by atoms with Gasteiger partial charge in [-0.1, -0.05) is 12.1 Å². The van der Waals surface area contributed by atoms with Crippen molar-refractivity contribution in [2.75, 3.05) is 11.3 Å². The van der Waals surface area contributed by atoms with Crippen molar-refractivity contribution < 1.29 is 26.3 Å². The number of benzene rings is 2. The molecule has 0 spiro atoms. The number of aromatic nitrogens is 4. The Kier molecular flexibility index (Phi) is 5.91. The van der Waals surface area contributed by atoms with Crippen molar-refractivity contribution in [1.29, 1.82) is 0 Å². The van der Waals surface area contributed by atoms with Crippen molar-refractivity contribution in [1.82, 2.24) is 19.7 Å². The maximum absolute atomic E-state index is 13.5. The van der Waals surface area contributed by atoms with E-state index in [-0.39, 0.29) is 23.2 Å². The molecule has 186 valence electrons. The zero-order chi connectivity index (χ0) is 25.5. The summed E-state index contributed by atoms with van der Waals surface area (Å²) in [5.74, 6) is 0.160. The molecule has 4 aromatic rings. The van der Waals surface area contributed by atoms with Crippen LogP contribution in [0.1, 0.15) is 29.0 Å². The molecule has 2 aromatic heterocycles. The van der Waals surface area contributed by atoms with Crippen LogP contribution in [0.3, 0.4) is 0 Å². The van der Waals surface area contributed by atoms with E-state index in [4.69, 9.17) is 4.74 Å². The maximum Gasteiger partial charge on any atom is 0.416 e. The Hall–Kier alpha value is -3.93. The van der Waals surface area contributed by atoms with Crippen molar-refractivity contribution in [3.8, 4) is 17.0 Å². The average Bonchev–Trinajstić information content (AvgIpc) is 3.28. The van der Waals surface area contributed by atoms with Gasteiger partial charge in [-0.3, -0.25) is 9.40 Å². The number of sulfonamides is 1. The molecule has 1 aliphatic rings. The summed E-state index contributed by atoms with van der Waals surface area (Å²) in [7, 11) is -2.29. The number of halogens is 3. The van der Waals surface area contributed by atoms with Crippen molar-refractivity contribution in [3.63, 3.8) is 0 Å². The third-order valence-corrected chi connectivity index (χ3v) is 7.36. The van der Waals surface area contributed by atoms with Crippen LogP contribution in [0.2, 0.25) is 0 Å². The zero-order valence-electron chi connectivity index (χ0n) is 18.9. The van der Waals surface area contributed by atoms with E-state index >= 15 is 0 Å². The highest BCUT2D eigenvalue weighted by Crippen LogP contribution is 2.44. The number of fused-ring (bicyclic) bond motifs is 1. The molecule has 8 nitrogen and oxygen atoms in total. The smallest absolute Gasteiger partial charge is 0.416 e.